The molecule has 0 unspecified atom stereocenters. The number of rotatable bonds is 3. The second kappa shape index (κ2) is 5.90. The normalized spacial score (nSPS) is 16.6. The lowest BCUT2D eigenvalue weighted by atomic mass is 9.83. The average molecular weight is 349 g/mol. The van der Waals surface area contributed by atoms with E-state index in [-0.39, 0.29) is 5.54 Å². The van der Waals surface area contributed by atoms with Crippen molar-refractivity contribution in [3.63, 3.8) is 0 Å². The average Bonchev–Trinajstić information content (AvgIpc) is 2.62. The van der Waals surface area contributed by atoms with Crippen LogP contribution in [-0.4, -0.2) is 25.5 Å². The van der Waals surface area contributed by atoms with Gasteiger partial charge in [0.15, 0.2) is 0 Å². The molecular formula is C22H23NO3. The van der Waals surface area contributed by atoms with Crippen LogP contribution in [0.4, 0.5) is 5.69 Å². The second-order valence-corrected chi connectivity index (χ2v) is 7.37. The molecule has 2 heterocycles. The molecule has 0 radical (unpaired) electrons. The Hall–Kier alpha value is -2.75. The van der Waals surface area contributed by atoms with Crippen molar-refractivity contribution in [3.05, 3.63) is 47.5 Å². The third-order valence-electron chi connectivity index (χ3n) is 5.35. The van der Waals surface area contributed by atoms with E-state index in [0.717, 1.165) is 40.2 Å². The fourth-order valence-corrected chi connectivity index (χ4v) is 4.30. The van der Waals surface area contributed by atoms with E-state index in [1.54, 1.807) is 7.11 Å². The summed E-state index contributed by atoms with van der Waals surface area (Å²) >= 11 is 0. The molecule has 0 N–H and O–H groups in total. The first-order valence-corrected chi connectivity index (χ1v) is 8.85. The van der Waals surface area contributed by atoms with Gasteiger partial charge in [0.25, 0.3) is 0 Å². The minimum Gasteiger partial charge on any atom is -0.496 e. The number of benzene rings is 2. The standard InChI is InChI=1S/C22H23NO3/c1-14-12-22(2,3)23(10-11-24)17-9-8-15-16(20(14)17)13-26-19-7-5-6-18(25-4)21(15)19/h5-9,11-12H,10,13H2,1-4H3. The smallest absolute Gasteiger partial charge is 0.139 e. The predicted octanol–water partition coefficient (Wildman–Crippen LogP) is 4.46. The van der Waals surface area contributed by atoms with Gasteiger partial charge in [-0.2, -0.15) is 0 Å². The number of methoxy groups -OCH3 is 1. The summed E-state index contributed by atoms with van der Waals surface area (Å²) in [6, 6.07) is 10.1. The Morgan fingerprint density at radius 2 is 2.04 bits per heavy atom. The Kier molecular flexibility index (Phi) is 3.79. The molecule has 0 bridgehead atoms. The van der Waals surface area contributed by atoms with Crippen molar-refractivity contribution >= 4 is 17.5 Å². The minimum atomic E-state index is -0.211. The quantitative estimate of drug-likeness (QED) is 0.767. The van der Waals surface area contributed by atoms with Crippen LogP contribution in [0.25, 0.3) is 16.7 Å². The van der Waals surface area contributed by atoms with Gasteiger partial charge in [-0.1, -0.05) is 18.2 Å². The van der Waals surface area contributed by atoms with Crippen molar-refractivity contribution in [3.8, 4) is 22.6 Å². The molecule has 4 rings (SSSR count). The molecule has 2 aromatic carbocycles. The number of hydrogen-bond donors (Lipinski definition) is 0. The van der Waals surface area contributed by atoms with Crippen molar-refractivity contribution in [1.82, 2.24) is 0 Å². The van der Waals surface area contributed by atoms with Gasteiger partial charge in [0.2, 0.25) is 0 Å². The summed E-state index contributed by atoms with van der Waals surface area (Å²) in [7, 11) is 1.68. The first kappa shape index (κ1) is 16.7. The summed E-state index contributed by atoms with van der Waals surface area (Å²) in [6.07, 6.45) is 3.20. The monoisotopic (exact) mass is 349 g/mol. The summed E-state index contributed by atoms with van der Waals surface area (Å²) in [5, 5.41) is 0. The highest BCUT2D eigenvalue weighted by atomic mass is 16.5. The van der Waals surface area contributed by atoms with Crippen LogP contribution >= 0.6 is 0 Å². The Balaban J connectivity index is 1.98. The van der Waals surface area contributed by atoms with Gasteiger partial charge >= 0.3 is 0 Å². The van der Waals surface area contributed by atoms with Crippen molar-refractivity contribution in [2.75, 3.05) is 18.6 Å². The number of allylic oxidation sites excluding steroid dienone is 1. The number of ether oxygens (including phenoxy) is 2. The lowest BCUT2D eigenvalue weighted by Crippen LogP contribution is -2.46. The fourth-order valence-electron chi connectivity index (χ4n) is 4.30. The minimum absolute atomic E-state index is 0.211. The zero-order valence-electron chi connectivity index (χ0n) is 15.6. The highest BCUT2D eigenvalue weighted by molar-refractivity contribution is 5.91. The first-order valence-electron chi connectivity index (χ1n) is 8.85. The van der Waals surface area contributed by atoms with Crippen LogP contribution in [0, 0.1) is 0 Å². The molecule has 0 amide bonds. The van der Waals surface area contributed by atoms with Gasteiger partial charge in [0.05, 0.1) is 24.8 Å². The fraction of sp³-hybridized carbons (Fsp3) is 0.318. The van der Waals surface area contributed by atoms with E-state index in [1.807, 2.05) is 18.2 Å². The van der Waals surface area contributed by atoms with Crippen molar-refractivity contribution < 1.29 is 14.3 Å². The maximum absolute atomic E-state index is 11.3. The highest BCUT2D eigenvalue weighted by Gasteiger charge is 2.34. The molecule has 4 nitrogen and oxygen atoms in total. The maximum atomic E-state index is 11.3. The molecule has 26 heavy (non-hydrogen) atoms. The van der Waals surface area contributed by atoms with Crippen LogP contribution in [0.15, 0.2) is 36.4 Å². The van der Waals surface area contributed by atoms with Gasteiger partial charge in [-0.15, -0.1) is 0 Å². The van der Waals surface area contributed by atoms with Crippen LogP contribution in [0.1, 0.15) is 31.9 Å². The zero-order chi connectivity index (χ0) is 18.5. The van der Waals surface area contributed by atoms with E-state index in [0.29, 0.717) is 13.2 Å². The molecule has 0 aromatic heterocycles. The van der Waals surface area contributed by atoms with E-state index < -0.39 is 0 Å². The number of nitrogens with zero attached hydrogens (tertiary/aromatic N) is 1. The van der Waals surface area contributed by atoms with Crippen LogP contribution in [-0.2, 0) is 11.4 Å². The van der Waals surface area contributed by atoms with Crippen molar-refractivity contribution in [1.29, 1.82) is 0 Å². The van der Waals surface area contributed by atoms with Crippen LogP contribution < -0.4 is 14.4 Å². The molecular weight excluding hydrogens is 326 g/mol. The molecule has 2 aromatic rings. The molecule has 0 saturated heterocycles. The summed E-state index contributed by atoms with van der Waals surface area (Å²) in [5.41, 5.74) is 6.55. The summed E-state index contributed by atoms with van der Waals surface area (Å²) < 4.78 is 11.6. The molecule has 0 atom stereocenters. The topological polar surface area (TPSA) is 38.8 Å². The van der Waals surface area contributed by atoms with E-state index in [4.69, 9.17) is 9.47 Å². The van der Waals surface area contributed by atoms with Crippen molar-refractivity contribution in [2.45, 2.75) is 32.9 Å². The molecule has 0 fully saturated rings. The predicted molar refractivity (Wildman–Crippen MR) is 104 cm³/mol. The number of carbonyl (C=O) groups excluding carboxylic acids is 1. The number of anilines is 1. The Labute approximate surface area is 154 Å². The van der Waals surface area contributed by atoms with Crippen LogP contribution in [0.5, 0.6) is 11.5 Å². The molecule has 134 valence electrons. The van der Waals surface area contributed by atoms with Crippen molar-refractivity contribution in [2.24, 2.45) is 0 Å². The zero-order valence-corrected chi connectivity index (χ0v) is 15.6. The lowest BCUT2D eigenvalue weighted by molar-refractivity contribution is -0.106. The van der Waals surface area contributed by atoms with Crippen LogP contribution in [0.3, 0.4) is 0 Å². The van der Waals surface area contributed by atoms with E-state index in [1.165, 1.54) is 11.1 Å². The van der Waals surface area contributed by atoms with Gasteiger partial charge in [-0.25, -0.2) is 0 Å². The summed E-state index contributed by atoms with van der Waals surface area (Å²) in [6.45, 7) is 7.29. The van der Waals surface area contributed by atoms with Gasteiger partial charge in [0, 0.05) is 16.8 Å². The Bertz CT molecular complexity index is 913. The third kappa shape index (κ3) is 2.32. The number of hydrogen-bond acceptors (Lipinski definition) is 4. The molecule has 2 aliphatic heterocycles. The second-order valence-electron chi connectivity index (χ2n) is 7.37. The molecule has 0 spiro atoms. The van der Waals surface area contributed by atoms with Gasteiger partial charge in [-0.3, -0.25) is 0 Å². The van der Waals surface area contributed by atoms with E-state index in [9.17, 15) is 4.79 Å². The first-order chi connectivity index (χ1) is 12.5. The SMILES string of the molecule is COc1cccc2c1-c1ccc3c(c1CO2)C(C)=CC(C)(C)N3CC=O. The van der Waals surface area contributed by atoms with Crippen LogP contribution in [0.2, 0.25) is 0 Å². The number of carbonyl (C=O) groups is 1. The number of fused-ring (bicyclic) bond motifs is 5. The Morgan fingerprint density at radius 3 is 2.77 bits per heavy atom. The summed E-state index contributed by atoms with van der Waals surface area (Å²) in [5.74, 6) is 1.66. The molecule has 4 heteroatoms. The Morgan fingerprint density at radius 1 is 1.23 bits per heavy atom. The molecule has 2 aliphatic rings. The summed E-state index contributed by atoms with van der Waals surface area (Å²) in [4.78, 5) is 13.4. The highest BCUT2D eigenvalue weighted by Crippen LogP contribution is 2.49. The van der Waals surface area contributed by atoms with E-state index >= 15 is 0 Å². The lowest BCUT2D eigenvalue weighted by Gasteiger charge is -2.43. The van der Waals surface area contributed by atoms with Gasteiger partial charge in [-0.05, 0) is 50.1 Å². The largest absolute Gasteiger partial charge is 0.496 e. The van der Waals surface area contributed by atoms with Gasteiger partial charge < -0.3 is 19.2 Å². The number of aldehydes is 1. The molecule has 0 aliphatic carbocycles. The van der Waals surface area contributed by atoms with Gasteiger partial charge in [0.1, 0.15) is 24.4 Å². The maximum Gasteiger partial charge on any atom is 0.139 e. The third-order valence-corrected chi connectivity index (χ3v) is 5.35. The molecule has 0 saturated carbocycles. The van der Waals surface area contributed by atoms with E-state index in [2.05, 4.69) is 43.9 Å².